The second-order valence-electron chi connectivity index (χ2n) is 5.35. The molecule has 2 aromatic rings. The molecule has 7 nitrogen and oxygen atoms in total. The van der Waals surface area contributed by atoms with Crippen molar-refractivity contribution in [2.75, 3.05) is 18.9 Å². The summed E-state index contributed by atoms with van der Waals surface area (Å²) in [6.07, 6.45) is 0.820. The Balaban J connectivity index is 2.50. The van der Waals surface area contributed by atoms with Crippen molar-refractivity contribution in [1.82, 2.24) is 0 Å². The summed E-state index contributed by atoms with van der Waals surface area (Å²) < 4.78 is 37.2. The second-order valence-corrected chi connectivity index (χ2v) is 7.00. The Kier molecular flexibility index (Phi) is 5.99. The molecule has 0 aromatic heterocycles. The Hall–Kier alpha value is -2.87. The van der Waals surface area contributed by atoms with E-state index in [0.717, 1.165) is 25.2 Å². The SMILES string of the molecule is CCc1ccc(NS(=O)(=O)c2cc(C(=O)OC)ccc2C(=O)OC)cc1. The zero-order chi connectivity index (χ0) is 19.3. The number of anilines is 1. The predicted octanol–water partition coefficient (Wildman–Crippen LogP) is 2.62. The van der Waals surface area contributed by atoms with Gasteiger partial charge in [0.1, 0.15) is 4.90 Å². The van der Waals surface area contributed by atoms with Crippen molar-refractivity contribution in [3.8, 4) is 0 Å². The van der Waals surface area contributed by atoms with Gasteiger partial charge in [-0.05, 0) is 42.3 Å². The lowest BCUT2D eigenvalue weighted by Crippen LogP contribution is -2.18. The zero-order valence-corrected chi connectivity index (χ0v) is 15.4. The Bertz CT molecular complexity index is 919. The summed E-state index contributed by atoms with van der Waals surface area (Å²) in [5.41, 5.74) is 1.21. The lowest BCUT2D eigenvalue weighted by atomic mass is 10.1. The highest BCUT2D eigenvalue weighted by atomic mass is 32.2. The van der Waals surface area contributed by atoms with Gasteiger partial charge < -0.3 is 9.47 Å². The van der Waals surface area contributed by atoms with E-state index in [1.54, 1.807) is 24.3 Å². The Morgan fingerprint density at radius 3 is 2.12 bits per heavy atom. The Morgan fingerprint density at radius 2 is 1.58 bits per heavy atom. The van der Waals surface area contributed by atoms with Crippen LogP contribution in [0.5, 0.6) is 0 Å². The minimum Gasteiger partial charge on any atom is -0.465 e. The standard InChI is InChI=1S/C18H19NO6S/c1-4-12-5-8-14(9-6-12)19-26(22,23)16-11-13(17(20)24-2)7-10-15(16)18(21)25-3/h5-11,19H,4H2,1-3H3. The first-order valence-electron chi connectivity index (χ1n) is 7.74. The fraction of sp³-hybridized carbons (Fsp3) is 0.222. The van der Waals surface area contributed by atoms with Crippen molar-refractivity contribution in [2.24, 2.45) is 0 Å². The number of carbonyl (C=O) groups is 2. The van der Waals surface area contributed by atoms with Crippen molar-refractivity contribution in [1.29, 1.82) is 0 Å². The second kappa shape index (κ2) is 8.01. The van der Waals surface area contributed by atoms with Gasteiger partial charge in [-0.1, -0.05) is 19.1 Å². The monoisotopic (exact) mass is 377 g/mol. The van der Waals surface area contributed by atoms with Crippen molar-refractivity contribution in [2.45, 2.75) is 18.2 Å². The molecule has 2 aromatic carbocycles. The van der Waals surface area contributed by atoms with E-state index in [-0.39, 0.29) is 16.0 Å². The molecule has 26 heavy (non-hydrogen) atoms. The van der Waals surface area contributed by atoms with Crippen LogP contribution >= 0.6 is 0 Å². The molecule has 1 N–H and O–H groups in total. The summed E-state index contributed by atoms with van der Waals surface area (Å²) in [5.74, 6) is -1.55. The summed E-state index contributed by atoms with van der Waals surface area (Å²) in [7, 11) is -1.82. The van der Waals surface area contributed by atoms with Gasteiger partial charge >= 0.3 is 11.9 Å². The third-order valence-electron chi connectivity index (χ3n) is 3.71. The molecule has 0 atom stereocenters. The molecule has 0 radical (unpaired) electrons. The molecule has 8 heteroatoms. The van der Waals surface area contributed by atoms with Crippen LogP contribution in [0.2, 0.25) is 0 Å². The average molecular weight is 377 g/mol. The van der Waals surface area contributed by atoms with E-state index >= 15 is 0 Å². The van der Waals surface area contributed by atoms with Crippen LogP contribution in [0, 0.1) is 0 Å². The quantitative estimate of drug-likeness (QED) is 0.777. The van der Waals surface area contributed by atoms with Crippen LogP contribution in [0.1, 0.15) is 33.2 Å². The number of aryl methyl sites for hydroxylation is 1. The van der Waals surface area contributed by atoms with Crippen molar-refractivity contribution < 1.29 is 27.5 Å². The minimum absolute atomic E-state index is 0.00172. The van der Waals surface area contributed by atoms with Crippen LogP contribution in [0.15, 0.2) is 47.4 Å². The van der Waals surface area contributed by atoms with Crippen molar-refractivity contribution in [3.63, 3.8) is 0 Å². The normalized spacial score (nSPS) is 10.9. The third kappa shape index (κ3) is 4.20. The Morgan fingerprint density at radius 1 is 0.962 bits per heavy atom. The van der Waals surface area contributed by atoms with Crippen LogP contribution in [-0.2, 0) is 25.9 Å². The lowest BCUT2D eigenvalue weighted by Gasteiger charge is -2.13. The van der Waals surface area contributed by atoms with Gasteiger partial charge in [-0.3, -0.25) is 4.72 Å². The number of ether oxygens (including phenoxy) is 2. The van der Waals surface area contributed by atoms with E-state index in [9.17, 15) is 18.0 Å². The molecule has 138 valence electrons. The van der Waals surface area contributed by atoms with E-state index in [1.807, 2.05) is 6.92 Å². The zero-order valence-electron chi connectivity index (χ0n) is 14.6. The van der Waals surface area contributed by atoms with Gasteiger partial charge in [0.15, 0.2) is 0 Å². The van der Waals surface area contributed by atoms with Crippen LogP contribution < -0.4 is 4.72 Å². The molecule has 0 saturated heterocycles. The molecule has 0 aliphatic rings. The number of rotatable bonds is 6. The summed E-state index contributed by atoms with van der Waals surface area (Å²) in [6.45, 7) is 1.99. The van der Waals surface area contributed by atoms with Gasteiger partial charge in [-0.15, -0.1) is 0 Å². The largest absolute Gasteiger partial charge is 0.465 e. The highest BCUT2D eigenvalue weighted by Crippen LogP contribution is 2.23. The van der Waals surface area contributed by atoms with Crippen LogP contribution in [0.4, 0.5) is 5.69 Å². The van der Waals surface area contributed by atoms with Crippen LogP contribution in [-0.4, -0.2) is 34.6 Å². The number of benzene rings is 2. The fourth-order valence-corrected chi connectivity index (χ4v) is 3.57. The van der Waals surface area contributed by atoms with Gasteiger partial charge in [0.05, 0.1) is 25.3 Å². The molecule has 0 aliphatic heterocycles. The van der Waals surface area contributed by atoms with E-state index in [0.29, 0.717) is 5.69 Å². The van der Waals surface area contributed by atoms with Crippen molar-refractivity contribution >= 4 is 27.6 Å². The summed E-state index contributed by atoms with van der Waals surface area (Å²) in [5, 5.41) is 0. The van der Waals surface area contributed by atoms with E-state index in [2.05, 4.69) is 14.2 Å². The van der Waals surface area contributed by atoms with E-state index in [1.165, 1.54) is 19.2 Å². The van der Waals surface area contributed by atoms with Gasteiger partial charge in [-0.25, -0.2) is 18.0 Å². The molecule has 0 bridgehead atoms. The minimum atomic E-state index is -4.14. The average Bonchev–Trinajstić information content (AvgIpc) is 2.66. The molecule has 0 heterocycles. The maximum Gasteiger partial charge on any atom is 0.339 e. The van der Waals surface area contributed by atoms with Crippen LogP contribution in [0.3, 0.4) is 0 Å². The van der Waals surface area contributed by atoms with Gasteiger partial charge in [0, 0.05) is 5.69 Å². The fourth-order valence-electron chi connectivity index (χ4n) is 2.29. The number of sulfonamides is 1. The third-order valence-corrected chi connectivity index (χ3v) is 5.13. The molecule has 0 amide bonds. The molecule has 2 rings (SSSR count). The number of hydrogen-bond acceptors (Lipinski definition) is 6. The molecular formula is C18H19NO6S. The number of esters is 2. The predicted molar refractivity (Wildman–Crippen MR) is 95.7 cm³/mol. The maximum absolute atomic E-state index is 12.8. The van der Waals surface area contributed by atoms with Gasteiger partial charge in [0.2, 0.25) is 0 Å². The Labute approximate surface area is 152 Å². The number of methoxy groups -OCH3 is 2. The topological polar surface area (TPSA) is 98.8 Å². The molecule has 0 saturated carbocycles. The van der Waals surface area contributed by atoms with Gasteiger partial charge in [0.25, 0.3) is 10.0 Å². The first-order valence-corrected chi connectivity index (χ1v) is 9.23. The summed E-state index contributed by atoms with van der Waals surface area (Å²) in [6, 6.07) is 10.4. The smallest absolute Gasteiger partial charge is 0.339 e. The molecule has 0 aliphatic carbocycles. The first-order chi connectivity index (χ1) is 12.3. The molecule has 0 fully saturated rings. The molecule has 0 unspecified atom stereocenters. The van der Waals surface area contributed by atoms with Gasteiger partial charge in [-0.2, -0.15) is 0 Å². The summed E-state index contributed by atoms with van der Waals surface area (Å²) >= 11 is 0. The van der Waals surface area contributed by atoms with Crippen LogP contribution in [0.25, 0.3) is 0 Å². The molecule has 0 spiro atoms. The first kappa shape index (κ1) is 19.5. The number of carbonyl (C=O) groups excluding carboxylic acids is 2. The van der Waals surface area contributed by atoms with E-state index < -0.39 is 22.0 Å². The highest BCUT2D eigenvalue weighted by molar-refractivity contribution is 7.92. The highest BCUT2D eigenvalue weighted by Gasteiger charge is 2.25. The maximum atomic E-state index is 12.8. The number of nitrogens with one attached hydrogen (secondary N) is 1. The lowest BCUT2D eigenvalue weighted by molar-refractivity contribution is 0.0583. The number of hydrogen-bond donors (Lipinski definition) is 1. The molecular weight excluding hydrogens is 358 g/mol. The van der Waals surface area contributed by atoms with Crippen molar-refractivity contribution in [3.05, 3.63) is 59.2 Å². The van der Waals surface area contributed by atoms with E-state index in [4.69, 9.17) is 0 Å². The summed E-state index contributed by atoms with van der Waals surface area (Å²) in [4.78, 5) is 23.3.